The lowest BCUT2D eigenvalue weighted by Gasteiger charge is -2.31. The van der Waals surface area contributed by atoms with Crippen LogP contribution in [0.3, 0.4) is 0 Å². The van der Waals surface area contributed by atoms with Crippen LogP contribution in [0.1, 0.15) is 35.9 Å². The van der Waals surface area contributed by atoms with E-state index in [0.717, 1.165) is 43.9 Å². The molecule has 1 aliphatic rings. The fraction of sp³-hybridized carbons (Fsp3) is 0.500. The summed E-state index contributed by atoms with van der Waals surface area (Å²) in [5.41, 5.74) is 2.10. The van der Waals surface area contributed by atoms with Crippen LogP contribution < -0.4 is 5.32 Å². The number of carbonyl (C=O) groups excluding carboxylic acids is 1. The zero-order chi connectivity index (χ0) is 17.8. The molecule has 1 saturated heterocycles. The molecule has 26 heavy (non-hydrogen) atoms. The van der Waals surface area contributed by atoms with Crippen molar-refractivity contribution in [3.05, 3.63) is 40.7 Å². The van der Waals surface area contributed by atoms with Gasteiger partial charge >= 0.3 is 0 Å². The predicted octanol–water partition coefficient (Wildman–Crippen LogP) is 2.98. The molecule has 0 saturated carbocycles. The number of nitrogens with zero attached hydrogens (tertiary/aromatic N) is 4. The van der Waals surface area contributed by atoms with Crippen LogP contribution in [-0.2, 0) is 6.42 Å². The molecule has 1 aromatic heterocycles. The third-order valence-electron chi connectivity index (χ3n) is 4.75. The number of hydrogen-bond acceptors (Lipinski definition) is 4. The lowest BCUT2D eigenvalue weighted by Crippen LogP contribution is -2.40. The summed E-state index contributed by atoms with van der Waals surface area (Å²) >= 11 is 6.08. The van der Waals surface area contributed by atoms with Gasteiger partial charge < -0.3 is 10.2 Å². The van der Waals surface area contributed by atoms with Gasteiger partial charge in [0.25, 0.3) is 5.91 Å². The maximum Gasteiger partial charge on any atom is 0.276 e. The Morgan fingerprint density at radius 1 is 1.35 bits per heavy atom. The van der Waals surface area contributed by atoms with Crippen molar-refractivity contribution in [1.82, 2.24) is 25.2 Å². The van der Waals surface area contributed by atoms with Crippen molar-refractivity contribution < 1.29 is 4.79 Å². The van der Waals surface area contributed by atoms with Crippen molar-refractivity contribution in [2.75, 3.05) is 26.7 Å². The van der Waals surface area contributed by atoms with E-state index in [-0.39, 0.29) is 18.3 Å². The van der Waals surface area contributed by atoms with E-state index in [0.29, 0.717) is 23.1 Å². The molecule has 2 heterocycles. The number of aromatic nitrogens is 3. The SMILES string of the molecule is CCc1c(C(=O)N2CCC(CNC)CC2)nnn1-c1cccc(Cl)c1.Cl. The zero-order valence-corrected chi connectivity index (χ0v) is 16.7. The van der Waals surface area contributed by atoms with Crippen LogP contribution in [0.5, 0.6) is 0 Å². The molecule has 0 bridgehead atoms. The molecule has 1 fully saturated rings. The highest BCUT2D eigenvalue weighted by atomic mass is 35.5. The molecule has 1 N–H and O–H groups in total. The zero-order valence-electron chi connectivity index (χ0n) is 15.1. The summed E-state index contributed by atoms with van der Waals surface area (Å²) in [7, 11) is 1.97. The summed E-state index contributed by atoms with van der Waals surface area (Å²) in [6, 6.07) is 7.42. The molecule has 6 nitrogen and oxygen atoms in total. The average molecular weight is 398 g/mol. The molecule has 0 radical (unpaired) electrons. The van der Waals surface area contributed by atoms with Crippen molar-refractivity contribution in [2.24, 2.45) is 5.92 Å². The highest BCUT2D eigenvalue weighted by Gasteiger charge is 2.27. The summed E-state index contributed by atoms with van der Waals surface area (Å²) in [5, 5.41) is 12.3. The summed E-state index contributed by atoms with van der Waals surface area (Å²) in [6.07, 6.45) is 2.73. The monoisotopic (exact) mass is 397 g/mol. The number of rotatable bonds is 5. The Morgan fingerprint density at radius 2 is 2.08 bits per heavy atom. The lowest BCUT2D eigenvalue weighted by molar-refractivity contribution is 0.0683. The van der Waals surface area contributed by atoms with Crippen LogP contribution in [0.2, 0.25) is 5.02 Å². The summed E-state index contributed by atoms with van der Waals surface area (Å²) in [5.74, 6) is 0.620. The second-order valence-electron chi connectivity index (χ2n) is 6.42. The molecule has 8 heteroatoms. The molecule has 2 aromatic rings. The first-order valence-corrected chi connectivity index (χ1v) is 9.16. The topological polar surface area (TPSA) is 63.1 Å². The maximum absolute atomic E-state index is 12.9. The largest absolute Gasteiger partial charge is 0.337 e. The van der Waals surface area contributed by atoms with E-state index in [9.17, 15) is 4.79 Å². The standard InChI is InChI=1S/C18H24ClN5O.ClH/c1-3-16-17(18(25)23-9-7-13(8-10-23)12-20-2)21-22-24(16)15-6-4-5-14(19)11-15;/h4-6,11,13,20H,3,7-10,12H2,1-2H3;1H. The Bertz CT molecular complexity index is 741. The van der Waals surface area contributed by atoms with E-state index in [1.165, 1.54) is 0 Å². The van der Waals surface area contributed by atoms with Gasteiger partial charge in [-0.15, -0.1) is 17.5 Å². The van der Waals surface area contributed by atoms with Gasteiger partial charge in [0.1, 0.15) is 0 Å². The summed E-state index contributed by atoms with van der Waals surface area (Å²) in [6.45, 7) is 4.57. The first-order chi connectivity index (χ1) is 12.1. The van der Waals surface area contributed by atoms with E-state index in [1.807, 2.05) is 43.1 Å². The Hall–Kier alpha value is -1.63. The Morgan fingerprint density at radius 3 is 2.69 bits per heavy atom. The van der Waals surface area contributed by atoms with Gasteiger partial charge in [0.05, 0.1) is 11.4 Å². The van der Waals surface area contributed by atoms with Gasteiger partial charge in [-0.05, 0) is 57.0 Å². The van der Waals surface area contributed by atoms with Gasteiger partial charge in [-0.2, -0.15) is 0 Å². The van der Waals surface area contributed by atoms with Crippen molar-refractivity contribution in [3.8, 4) is 5.69 Å². The Kier molecular flexibility index (Phi) is 7.43. The number of carbonyl (C=O) groups is 1. The Balaban J connectivity index is 0.00000243. The van der Waals surface area contributed by atoms with E-state index in [4.69, 9.17) is 11.6 Å². The van der Waals surface area contributed by atoms with Crippen LogP contribution >= 0.6 is 24.0 Å². The highest BCUT2D eigenvalue weighted by Crippen LogP contribution is 2.21. The van der Waals surface area contributed by atoms with Crippen LogP contribution in [0.4, 0.5) is 0 Å². The average Bonchev–Trinajstić information content (AvgIpc) is 3.06. The van der Waals surface area contributed by atoms with Crippen LogP contribution in [0.15, 0.2) is 24.3 Å². The lowest BCUT2D eigenvalue weighted by atomic mass is 9.96. The van der Waals surface area contributed by atoms with E-state index in [2.05, 4.69) is 15.6 Å². The van der Waals surface area contributed by atoms with Gasteiger partial charge in [0, 0.05) is 18.1 Å². The van der Waals surface area contributed by atoms with Crippen molar-refractivity contribution in [1.29, 1.82) is 0 Å². The second-order valence-corrected chi connectivity index (χ2v) is 6.86. The number of benzene rings is 1. The highest BCUT2D eigenvalue weighted by molar-refractivity contribution is 6.30. The fourth-order valence-electron chi connectivity index (χ4n) is 3.38. The maximum atomic E-state index is 12.9. The number of nitrogens with one attached hydrogen (secondary N) is 1. The normalized spacial score (nSPS) is 15.0. The minimum Gasteiger partial charge on any atom is -0.337 e. The number of hydrogen-bond donors (Lipinski definition) is 1. The van der Waals surface area contributed by atoms with Crippen LogP contribution in [0, 0.1) is 5.92 Å². The molecular formula is C18H25Cl2N5O. The van der Waals surface area contributed by atoms with Crippen LogP contribution in [0.25, 0.3) is 5.69 Å². The molecule has 0 spiro atoms. The molecule has 0 unspecified atom stereocenters. The first-order valence-electron chi connectivity index (χ1n) is 8.78. The van der Waals surface area contributed by atoms with Gasteiger partial charge in [-0.3, -0.25) is 4.79 Å². The summed E-state index contributed by atoms with van der Waals surface area (Å²) < 4.78 is 1.72. The molecule has 1 amide bonds. The predicted molar refractivity (Wildman–Crippen MR) is 106 cm³/mol. The van der Waals surface area contributed by atoms with Crippen LogP contribution in [-0.4, -0.2) is 52.5 Å². The quantitative estimate of drug-likeness (QED) is 0.841. The molecule has 0 aliphatic carbocycles. The number of piperidine rings is 1. The van der Waals surface area contributed by atoms with E-state index in [1.54, 1.807) is 4.68 Å². The molecule has 142 valence electrons. The number of halogens is 2. The van der Waals surface area contributed by atoms with Crippen molar-refractivity contribution >= 4 is 29.9 Å². The third-order valence-corrected chi connectivity index (χ3v) is 4.98. The van der Waals surface area contributed by atoms with Gasteiger partial charge in [-0.25, -0.2) is 4.68 Å². The van der Waals surface area contributed by atoms with Gasteiger partial charge in [0.15, 0.2) is 5.69 Å². The summed E-state index contributed by atoms with van der Waals surface area (Å²) in [4.78, 5) is 14.8. The van der Waals surface area contributed by atoms with Gasteiger partial charge in [0.2, 0.25) is 0 Å². The number of likely N-dealkylation sites (tertiary alicyclic amines) is 1. The Labute approximate surface area is 165 Å². The second kappa shape index (κ2) is 9.35. The first kappa shape index (κ1) is 20.7. The minimum atomic E-state index is -0.0203. The van der Waals surface area contributed by atoms with Crippen molar-refractivity contribution in [2.45, 2.75) is 26.2 Å². The molecule has 1 aliphatic heterocycles. The van der Waals surface area contributed by atoms with E-state index >= 15 is 0 Å². The molecule has 3 rings (SSSR count). The smallest absolute Gasteiger partial charge is 0.276 e. The molecule has 0 atom stereocenters. The van der Waals surface area contributed by atoms with E-state index < -0.39 is 0 Å². The van der Waals surface area contributed by atoms with Crippen molar-refractivity contribution in [3.63, 3.8) is 0 Å². The fourth-order valence-corrected chi connectivity index (χ4v) is 3.56. The number of amides is 1. The van der Waals surface area contributed by atoms with Gasteiger partial charge in [-0.1, -0.05) is 29.8 Å². The minimum absolute atomic E-state index is 0. The third kappa shape index (κ3) is 4.37. The molecule has 1 aromatic carbocycles. The molecular weight excluding hydrogens is 373 g/mol.